The van der Waals surface area contributed by atoms with Gasteiger partial charge < -0.3 is 0 Å². The van der Waals surface area contributed by atoms with Gasteiger partial charge in [0.15, 0.2) is 0 Å². The minimum atomic E-state index is 0.776. The molecule has 0 nitrogen and oxygen atoms in total. The van der Waals surface area contributed by atoms with Gasteiger partial charge in [-0.3, -0.25) is 0 Å². The molecule has 102 valence electrons. The van der Waals surface area contributed by atoms with Crippen molar-refractivity contribution < 1.29 is 0 Å². The Morgan fingerprint density at radius 2 is 1.29 bits per heavy atom. The SMILES string of the molecule is c1ccc2c(c1)-c1cccc3c(C4CCCC4)ccc-2c13. The van der Waals surface area contributed by atoms with Crippen LogP contribution in [0.15, 0.2) is 54.6 Å². The predicted octanol–water partition coefficient (Wildman–Crippen LogP) is 6.14. The van der Waals surface area contributed by atoms with Crippen LogP contribution in [0.2, 0.25) is 0 Å². The van der Waals surface area contributed by atoms with Gasteiger partial charge in [0.1, 0.15) is 0 Å². The molecule has 1 fully saturated rings. The first-order valence-electron chi connectivity index (χ1n) is 8.09. The second-order valence-electron chi connectivity index (χ2n) is 6.46. The third-order valence-corrected chi connectivity index (χ3v) is 5.38. The van der Waals surface area contributed by atoms with Gasteiger partial charge in [0.05, 0.1) is 0 Å². The molecule has 0 heterocycles. The molecule has 0 heteroatoms. The summed E-state index contributed by atoms with van der Waals surface area (Å²) in [6.07, 6.45) is 5.53. The summed E-state index contributed by atoms with van der Waals surface area (Å²) in [6.45, 7) is 0. The van der Waals surface area contributed by atoms with Gasteiger partial charge in [0.2, 0.25) is 0 Å². The van der Waals surface area contributed by atoms with Crippen LogP contribution < -0.4 is 0 Å². The van der Waals surface area contributed by atoms with Crippen molar-refractivity contribution >= 4 is 10.8 Å². The minimum absolute atomic E-state index is 0.776. The molecule has 0 aliphatic heterocycles. The summed E-state index contributed by atoms with van der Waals surface area (Å²) in [7, 11) is 0. The second kappa shape index (κ2) is 4.21. The maximum absolute atomic E-state index is 2.40. The van der Waals surface area contributed by atoms with Gasteiger partial charge in [-0.15, -0.1) is 0 Å². The molecule has 0 N–H and O–H groups in total. The Labute approximate surface area is 125 Å². The zero-order chi connectivity index (χ0) is 13.8. The monoisotopic (exact) mass is 270 g/mol. The summed E-state index contributed by atoms with van der Waals surface area (Å²) < 4.78 is 0. The Morgan fingerprint density at radius 3 is 2.05 bits per heavy atom. The fraction of sp³-hybridized carbons (Fsp3) is 0.238. The van der Waals surface area contributed by atoms with E-state index in [0.717, 1.165) is 5.92 Å². The number of hydrogen-bond acceptors (Lipinski definition) is 0. The van der Waals surface area contributed by atoms with Gasteiger partial charge in [-0.1, -0.05) is 67.4 Å². The van der Waals surface area contributed by atoms with E-state index in [0.29, 0.717) is 0 Å². The zero-order valence-electron chi connectivity index (χ0n) is 12.1. The molecular formula is C21H18. The van der Waals surface area contributed by atoms with Crippen LogP contribution in [-0.2, 0) is 0 Å². The third-order valence-electron chi connectivity index (χ3n) is 5.38. The molecule has 0 unspecified atom stereocenters. The largest absolute Gasteiger partial charge is 0.0616 e. The lowest BCUT2D eigenvalue weighted by atomic mass is 9.90. The van der Waals surface area contributed by atoms with E-state index in [1.807, 2.05) is 0 Å². The topological polar surface area (TPSA) is 0 Å². The summed E-state index contributed by atoms with van der Waals surface area (Å²) in [5.74, 6) is 0.776. The standard InChI is InChI=1S/C21H18/c1-2-7-14(6-1)15-12-13-20-17-9-4-3-8-16(17)19-11-5-10-18(15)21(19)20/h3-5,8-14H,1-2,6-7H2. The van der Waals surface area contributed by atoms with Gasteiger partial charge in [-0.2, -0.15) is 0 Å². The first-order chi connectivity index (χ1) is 10.4. The van der Waals surface area contributed by atoms with Gasteiger partial charge in [0, 0.05) is 0 Å². The van der Waals surface area contributed by atoms with Crippen molar-refractivity contribution in [3.8, 4) is 22.3 Å². The average molecular weight is 270 g/mol. The van der Waals surface area contributed by atoms with Crippen LogP contribution in [-0.4, -0.2) is 0 Å². The summed E-state index contributed by atoms with van der Waals surface area (Å²) in [5.41, 5.74) is 7.25. The lowest BCUT2D eigenvalue weighted by molar-refractivity contribution is 0.729. The number of hydrogen-bond donors (Lipinski definition) is 0. The van der Waals surface area contributed by atoms with E-state index in [1.165, 1.54) is 58.7 Å². The van der Waals surface area contributed by atoms with Crippen molar-refractivity contribution in [1.82, 2.24) is 0 Å². The van der Waals surface area contributed by atoms with E-state index in [9.17, 15) is 0 Å². The predicted molar refractivity (Wildman–Crippen MR) is 89.6 cm³/mol. The summed E-state index contributed by atoms with van der Waals surface area (Å²) in [4.78, 5) is 0. The molecule has 0 spiro atoms. The Morgan fingerprint density at radius 1 is 0.619 bits per heavy atom. The number of rotatable bonds is 1. The Bertz CT molecular complexity index is 822. The number of benzene rings is 3. The zero-order valence-corrected chi connectivity index (χ0v) is 12.1. The van der Waals surface area contributed by atoms with Crippen LogP contribution in [0.5, 0.6) is 0 Å². The molecule has 0 amide bonds. The van der Waals surface area contributed by atoms with E-state index >= 15 is 0 Å². The third kappa shape index (κ3) is 1.51. The summed E-state index contributed by atoms with van der Waals surface area (Å²) >= 11 is 0. The maximum Gasteiger partial charge on any atom is -0.00235 e. The smallest absolute Gasteiger partial charge is 0.00235 e. The van der Waals surface area contributed by atoms with Crippen molar-refractivity contribution in [2.24, 2.45) is 0 Å². The Kier molecular flexibility index (Phi) is 2.32. The van der Waals surface area contributed by atoms with Crippen LogP contribution >= 0.6 is 0 Å². The van der Waals surface area contributed by atoms with E-state index in [2.05, 4.69) is 54.6 Å². The van der Waals surface area contributed by atoms with Crippen LogP contribution in [0.4, 0.5) is 0 Å². The van der Waals surface area contributed by atoms with E-state index in [-0.39, 0.29) is 0 Å². The molecule has 5 rings (SSSR count). The fourth-order valence-corrected chi connectivity index (χ4v) is 4.42. The first kappa shape index (κ1) is 11.6. The highest BCUT2D eigenvalue weighted by molar-refractivity contribution is 6.16. The van der Waals surface area contributed by atoms with Gasteiger partial charge >= 0.3 is 0 Å². The first-order valence-corrected chi connectivity index (χ1v) is 8.09. The van der Waals surface area contributed by atoms with Crippen LogP contribution in [0.25, 0.3) is 33.0 Å². The molecule has 0 bridgehead atoms. The molecule has 0 atom stereocenters. The van der Waals surface area contributed by atoms with Crippen LogP contribution in [0.3, 0.4) is 0 Å². The summed E-state index contributed by atoms with van der Waals surface area (Å²) in [6, 6.07) is 20.5. The van der Waals surface area contributed by atoms with Crippen molar-refractivity contribution in [3.63, 3.8) is 0 Å². The van der Waals surface area contributed by atoms with E-state index in [4.69, 9.17) is 0 Å². The molecular weight excluding hydrogens is 252 g/mol. The molecule has 2 aliphatic carbocycles. The molecule has 0 aromatic heterocycles. The van der Waals surface area contributed by atoms with Crippen LogP contribution in [0, 0.1) is 0 Å². The van der Waals surface area contributed by atoms with Crippen molar-refractivity contribution in [2.45, 2.75) is 31.6 Å². The van der Waals surface area contributed by atoms with Gasteiger partial charge in [0.25, 0.3) is 0 Å². The fourth-order valence-electron chi connectivity index (χ4n) is 4.42. The molecule has 0 saturated heterocycles. The van der Waals surface area contributed by atoms with E-state index < -0.39 is 0 Å². The van der Waals surface area contributed by atoms with Crippen molar-refractivity contribution in [1.29, 1.82) is 0 Å². The lowest BCUT2D eigenvalue weighted by Crippen LogP contribution is -1.94. The normalized spacial score (nSPS) is 16.6. The summed E-state index contributed by atoms with van der Waals surface area (Å²) in [5, 5.41) is 2.98. The van der Waals surface area contributed by atoms with Gasteiger partial charge in [-0.25, -0.2) is 0 Å². The highest BCUT2D eigenvalue weighted by Crippen LogP contribution is 2.49. The minimum Gasteiger partial charge on any atom is -0.0616 e. The number of fused-ring (bicyclic) bond motifs is 3. The lowest BCUT2D eigenvalue weighted by Gasteiger charge is -2.14. The molecule has 3 aromatic carbocycles. The maximum atomic E-state index is 2.40. The quantitative estimate of drug-likeness (QED) is 0.389. The molecule has 2 aliphatic rings. The second-order valence-corrected chi connectivity index (χ2v) is 6.46. The molecule has 21 heavy (non-hydrogen) atoms. The highest BCUT2D eigenvalue weighted by Gasteiger charge is 2.25. The molecule has 0 radical (unpaired) electrons. The molecule has 1 saturated carbocycles. The van der Waals surface area contributed by atoms with Crippen molar-refractivity contribution in [2.75, 3.05) is 0 Å². The average Bonchev–Trinajstić information content (AvgIpc) is 3.17. The Hall–Kier alpha value is -2.08. The van der Waals surface area contributed by atoms with Gasteiger partial charge in [-0.05, 0) is 57.3 Å². The van der Waals surface area contributed by atoms with E-state index in [1.54, 1.807) is 5.56 Å². The van der Waals surface area contributed by atoms with Crippen LogP contribution in [0.1, 0.15) is 37.2 Å². The van der Waals surface area contributed by atoms with Crippen molar-refractivity contribution in [3.05, 3.63) is 60.2 Å². The Balaban J connectivity index is 1.86. The highest BCUT2D eigenvalue weighted by atomic mass is 14.3. The molecule has 3 aromatic rings.